The van der Waals surface area contributed by atoms with E-state index in [0.29, 0.717) is 12.2 Å². The number of carboxylic acid groups (broad SMARTS) is 1. The summed E-state index contributed by atoms with van der Waals surface area (Å²) in [5, 5.41) is 12.3. The number of aliphatic carboxylic acids is 1. The van der Waals surface area contributed by atoms with Gasteiger partial charge in [-0.05, 0) is 6.92 Å². The van der Waals surface area contributed by atoms with Crippen molar-refractivity contribution in [2.45, 2.75) is 13.0 Å². The number of imide groups is 1. The van der Waals surface area contributed by atoms with E-state index < -0.39 is 23.9 Å². The lowest BCUT2D eigenvalue weighted by Crippen LogP contribution is -2.49. The first-order chi connectivity index (χ1) is 8.23. The molecule has 0 rings (SSSR count). The maximum atomic E-state index is 11.4. The van der Waals surface area contributed by atoms with Gasteiger partial charge in [0.15, 0.2) is 0 Å². The van der Waals surface area contributed by atoms with Crippen molar-refractivity contribution in [2.24, 2.45) is 0 Å². The van der Waals surface area contributed by atoms with Gasteiger partial charge in [-0.2, -0.15) is 0 Å². The fourth-order valence-corrected chi connectivity index (χ4v) is 0.982. The Morgan fingerprint density at radius 1 is 1.17 bits per heavy atom. The molecule has 0 aliphatic rings. The molecular formula is C10H15N3O5. The molecule has 8 nitrogen and oxygen atoms in total. The summed E-state index contributed by atoms with van der Waals surface area (Å²) >= 11 is 0. The quantitative estimate of drug-likeness (QED) is 0.554. The molecule has 0 aromatic heterocycles. The van der Waals surface area contributed by atoms with Gasteiger partial charge >= 0.3 is 12.0 Å². The van der Waals surface area contributed by atoms with Crippen LogP contribution >= 0.6 is 0 Å². The van der Waals surface area contributed by atoms with Crippen molar-refractivity contribution in [3.05, 3.63) is 12.2 Å². The Labute approximate surface area is 104 Å². The minimum Gasteiger partial charge on any atom is -0.478 e. The predicted molar refractivity (Wildman–Crippen MR) is 61.6 cm³/mol. The number of amides is 4. The summed E-state index contributed by atoms with van der Waals surface area (Å²) in [5.74, 6) is -2.53. The lowest BCUT2D eigenvalue weighted by Gasteiger charge is -2.17. The van der Waals surface area contributed by atoms with E-state index in [1.165, 1.54) is 25.9 Å². The number of urea groups is 1. The monoisotopic (exact) mass is 257 g/mol. The second kappa shape index (κ2) is 7.05. The fourth-order valence-electron chi connectivity index (χ4n) is 0.982. The van der Waals surface area contributed by atoms with Gasteiger partial charge in [-0.25, -0.2) is 9.59 Å². The molecule has 100 valence electrons. The third kappa shape index (κ3) is 6.26. The van der Waals surface area contributed by atoms with Crippen molar-refractivity contribution < 1.29 is 24.3 Å². The van der Waals surface area contributed by atoms with Gasteiger partial charge in [0.2, 0.25) is 5.91 Å². The van der Waals surface area contributed by atoms with E-state index in [9.17, 15) is 19.2 Å². The van der Waals surface area contributed by atoms with E-state index in [1.54, 1.807) is 0 Å². The Morgan fingerprint density at radius 3 is 2.17 bits per heavy atom. The minimum absolute atomic E-state index is 0.335. The molecule has 0 aromatic rings. The summed E-state index contributed by atoms with van der Waals surface area (Å²) < 4.78 is 0. The van der Waals surface area contributed by atoms with Gasteiger partial charge in [0.05, 0.1) is 0 Å². The molecule has 0 fully saturated rings. The summed E-state index contributed by atoms with van der Waals surface area (Å²) in [6.45, 7) is 1.46. The number of carbonyl (C=O) groups excluding carboxylic acids is 3. The molecule has 0 spiro atoms. The lowest BCUT2D eigenvalue weighted by atomic mass is 10.3. The zero-order valence-electron chi connectivity index (χ0n) is 10.3. The van der Waals surface area contributed by atoms with Crippen LogP contribution in [0.4, 0.5) is 4.79 Å². The molecule has 18 heavy (non-hydrogen) atoms. The van der Waals surface area contributed by atoms with Gasteiger partial charge in [-0.3, -0.25) is 14.9 Å². The molecule has 0 bridgehead atoms. The molecule has 0 aliphatic carbocycles. The van der Waals surface area contributed by atoms with Gasteiger partial charge in [-0.1, -0.05) is 0 Å². The number of rotatable bonds is 4. The summed E-state index contributed by atoms with van der Waals surface area (Å²) in [5.41, 5.74) is 0. The second-order valence-electron chi connectivity index (χ2n) is 3.59. The maximum Gasteiger partial charge on any atom is 0.328 e. The topological polar surface area (TPSA) is 116 Å². The average molecular weight is 257 g/mol. The Hall–Kier alpha value is -2.38. The van der Waals surface area contributed by atoms with Gasteiger partial charge in [-0.15, -0.1) is 0 Å². The largest absolute Gasteiger partial charge is 0.478 e. The number of hydrogen-bond acceptors (Lipinski definition) is 4. The summed E-state index contributed by atoms with van der Waals surface area (Å²) in [4.78, 5) is 45.1. The van der Waals surface area contributed by atoms with Crippen molar-refractivity contribution in [2.75, 3.05) is 14.1 Å². The standard InChI is InChI=1S/C10H15N3O5/c1-6(9(17)13(2)3)11-10(18)12-7(14)4-5-8(15)16/h4-6H,1-3H3,(H,15,16)(H2,11,12,14,18). The van der Waals surface area contributed by atoms with Crippen molar-refractivity contribution in [1.29, 1.82) is 0 Å². The molecule has 0 aromatic carbocycles. The Balaban J connectivity index is 4.24. The van der Waals surface area contributed by atoms with E-state index in [-0.39, 0.29) is 5.91 Å². The molecule has 0 heterocycles. The van der Waals surface area contributed by atoms with E-state index >= 15 is 0 Å². The normalized spacial score (nSPS) is 11.7. The SMILES string of the molecule is CC(NC(=O)NC(=O)C=CC(=O)O)C(=O)N(C)C. The van der Waals surface area contributed by atoms with Crippen LogP contribution in [-0.4, -0.2) is 54.0 Å². The molecule has 0 radical (unpaired) electrons. The van der Waals surface area contributed by atoms with Gasteiger partial charge < -0.3 is 15.3 Å². The molecule has 1 unspecified atom stereocenters. The number of carboxylic acids is 1. The molecule has 8 heteroatoms. The molecule has 0 aliphatic heterocycles. The van der Waals surface area contributed by atoms with Crippen molar-refractivity contribution >= 4 is 23.8 Å². The number of hydrogen-bond donors (Lipinski definition) is 3. The molecule has 0 saturated heterocycles. The number of nitrogens with zero attached hydrogens (tertiary/aromatic N) is 1. The van der Waals surface area contributed by atoms with Crippen molar-refractivity contribution in [1.82, 2.24) is 15.5 Å². The Bertz CT molecular complexity index is 389. The van der Waals surface area contributed by atoms with E-state index in [0.717, 1.165) is 0 Å². The third-order valence-electron chi connectivity index (χ3n) is 1.77. The number of likely N-dealkylation sites (N-methyl/N-ethyl adjacent to an activating group) is 1. The second-order valence-corrected chi connectivity index (χ2v) is 3.59. The number of nitrogens with one attached hydrogen (secondary N) is 2. The average Bonchev–Trinajstić information content (AvgIpc) is 2.24. The van der Waals surface area contributed by atoms with Crippen molar-refractivity contribution in [3.63, 3.8) is 0 Å². The highest BCUT2D eigenvalue weighted by atomic mass is 16.4. The first-order valence-electron chi connectivity index (χ1n) is 4.97. The zero-order chi connectivity index (χ0) is 14.3. The van der Waals surface area contributed by atoms with Crippen LogP contribution in [0, 0.1) is 0 Å². The van der Waals surface area contributed by atoms with Crippen LogP contribution in [0.15, 0.2) is 12.2 Å². The first kappa shape index (κ1) is 15.6. The first-order valence-corrected chi connectivity index (χ1v) is 4.97. The highest BCUT2D eigenvalue weighted by Gasteiger charge is 2.17. The summed E-state index contributed by atoms with van der Waals surface area (Å²) in [6, 6.07) is -1.67. The predicted octanol–water partition coefficient (Wildman–Crippen LogP) is -1.07. The molecule has 1 atom stereocenters. The van der Waals surface area contributed by atoms with E-state index in [2.05, 4.69) is 5.32 Å². The number of carbonyl (C=O) groups is 4. The van der Waals surface area contributed by atoms with Crippen LogP contribution in [0.1, 0.15) is 6.92 Å². The fraction of sp³-hybridized carbons (Fsp3) is 0.400. The van der Waals surface area contributed by atoms with Crippen LogP contribution < -0.4 is 10.6 Å². The Kier molecular flexibility index (Phi) is 6.11. The molecule has 0 saturated carbocycles. The highest BCUT2D eigenvalue weighted by molar-refractivity contribution is 6.03. The van der Waals surface area contributed by atoms with Crippen LogP contribution in [0.5, 0.6) is 0 Å². The van der Waals surface area contributed by atoms with Gasteiger partial charge in [0.25, 0.3) is 5.91 Å². The van der Waals surface area contributed by atoms with Crippen LogP contribution in [0.2, 0.25) is 0 Å². The van der Waals surface area contributed by atoms with Crippen LogP contribution in [0.3, 0.4) is 0 Å². The van der Waals surface area contributed by atoms with Crippen molar-refractivity contribution in [3.8, 4) is 0 Å². The highest BCUT2D eigenvalue weighted by Crippen LogP contribution is 1.88. The van der Waals surface area contributed by atoms with Crippen LogP contribution in [0.25, 0.3) is 0 Å². The van der Waals surface area contributed by atoms with Gasteiger partial charge in [0.1, 0.15) is 6.04 Å². The van der Waals surface area contributed by atoms with E-state index in [4.69, 9.17) is 5.11 Å². The molecular weight excluding hydrogens is 242 g/mol. The Morgan fingerprint density at radius 2 is 1.72 bits per heavy atom. The smallest absolute Gasteiger partial charge is 0.328 e. The third-order valence-corrected chi connectivity index (χ3v) is 1.77. The van der Waals surface area contributed by atoms with Gasteiger partial charge in [0, 0.05) is 26.2 Å². The molecule has 4 amide bonds. The maximum absolute atomic E-state index is 11.4. The zero-order valence-corrected chi connectivity index (χ0v) is 10.3. The lowest BCUT2D eigenvalue weighted by molar-refractivity contribution is -0.132. The van der Waals surface area contributed by atoms with Crippen LogP contribution in [-0.2, 0) is 14.4 Å². The van der Waals surface area contributed by atoms with E-state index in [1.807, 2.05) is 5.32 Å². The summed E-state index contributed by atoms with van der Waals surface area (Å²) in [6.07, 6.45) is 1.29. The summed E-state index contributed by atoms with van der Waals surface area (Å²) in [7, 11) is 3.05. The molecule has 3 N–H and O–H groups in total. The minimum atomic E-state index is -1.30.